The fourth-order valence-corrected chi connectivity index (χ4v) is 9.55. The van der Waals surface area contributed by atoms with Crippen molar-refractivity contribution in [2.45, 2.75) is 131 Å². The van der Waals surface area contributed by atoms with Gasteiger partial charge in [-0.25, -0.2) is 19.9 Å². The van der Waals surface area contributed by atoms with Gasteiger partial charge in [0.25, 0.3) is 20.2 Å². The first-order valence-corrected chi connectivity index (χ1v) is 27.6. The number of hydrogen-bond acceptors (Lipinski definition) is 15. The average Bonchev–Trinajstić information content (AvgIpc) is 3.85. The van der Waals surface area contributed by atoms with Gasteiger partial charge in [-0.1, -0.05) is 70.0 Å². The van der Waals surface area contributed by atoms with E-state index in [1.807, 2.05) is 42.5 Å². The second-order valence-electron chi connectivity index (χ2n) is 18.8. The molecule has 23 heteroatoms. The van der Waals surface area contributed by atoms with Gasteiger partial charge in [-0.15, -0.1) is 0 Å². The maximum atomic E-state index is 12.7. The number of unbranched alkanes of at least 4 members (excludes halogenated alkanes) is 4. The van der Waals surface area contributed by atoms with Crippen LogP contribution in [-0.4, -0.2) is 103 Å². The molecular formula is C49H73N11O10S2. The molecule has 396 valence electrons. The van der Waals surface area contributed by atoms with Gasteiger partial charge < -0.3 is 42.1 Å². The molecule has 0 spiro atoms. The lowest BCUT2D eigenvalue weighted by Crippen LogP contribution is -2.37. The van der Waals surface area contributed by atoms with Crippen molar-refractivity contribution in [1.82, 2.24) is 34.4 Å². The number of nitrogens with two attached hydrogens (primary N) is 4. The van der Waals surface area contributed by atoms with Gasteiger partial charge in [0.1, 0.15) is 28.3 Å². The zero-order valence-corrected chi connectivity index (χ0v) is 43.9. The Morgan fingerprint density at radius 3 is 1.57 bits per heavy atom. The monoisotopic (exact) mass is 1040 g/mol. The molecule has 2 atom stereocenters. The van der Waals surface area contributed by atoms with Gasteiger partial charge in [0.05, 0.1) is 51.8 Å². The number of nitrogens with zero attached hydrogens (tertiary/aromatic N) is 6. The second kappa shape index (κ2) is 26.6. The quantitative estimate of drug-likeness (QED) is 0.0223. The van der Waals surface area contributed by atoms with Crippen LogP contribution in [0.25, 0.3) is 43.9 Å². The molecule has 21 nitrogen and oxygen atoms in total. The zero-order valence-electron chi connectivity index (χ0n) is 42.3. The third kappa shape index (κ3) is 17.6. The summed E-state index contributed by atoms with van der Waals surface area (Å²) in [5.41, 5.74) is 27.4. The van der Waals surface area contributed by atoms with Crippen LogP contribution in [0.15, 0.2) is 48.5 Å². The van der Waals surface area contributed by atoms with Gasteiger partial charge in [-0.05, 0) is 78.0 Å². The molecule has 0 aliphatic carbocycles. The summed E-state index contributed by atoms with van der Waals surface area (Å²) in [5.74, 6) is -2.67. The van der Waals surface area contributed by atoms with Crippen molar-refractivity contribution in [2.24, 2.45) is 23.3 Å². The second-order valence-corrected chi connectivity index (χ2v) is 21.8. The number of anilines is 2. The number of aryl methyl sites for hydroxylation is 4. The molecule has 0 unspecified atom stereocenters. The van der Waals surface area contributed by atoms with E-state index in [1.165, 1.54) is 6.92 Å². The molecule has 0 fully saturated rings. The molecule has 0 aliphatic rings. The number of fused-ring (bicyclic) bond motifs is 6. The van der Waals surface area contributed by atoms with E-state index in [1.54, 1.807) is 20.8 Å². The van der Waals surface area contributed by atoms with Crippen molar-refractivity contribution in [3.8, 4) is 0 Å². The minimum absolute atomic E-state index is 0.274. The molecule has 2 amide bonds. The standard InChI is InChI=1S/C27H39N5O6S.C18H25N5.C4H9NO4S/c1-5-6-13-21-31-23-24(19-11-7-8-12-20(19)30-25(23)28)32(21)15-10-9-14-29-26(34)18(17-39(35,36)37)16-22(33)38-27(2,3)4;1-2-3-10-15-22-16-17(23(15)12-7-6-11-19)13-8-4-5-9-14(13)21-18(16)20;1-3(4(5)6)2-10(7,8)9/h7-8,11-12,18H,5-6,9-10,13-17H2,1-4H3,(H2,28,30)(H,29,34)(H,35,36,37);4-5,8-9H,2-3,6-7,10-12,19H2,1H3,(H2,20,21);3H,2H2,1H3,(H2,5,6)(H,7,8,9)/t18-;;3-/m0.0/s1. The van der Waals surface area contributed by atoms with Crippen LogP contribution in [0.5, 0.6) is 0 Å². The Balaban J connectivity index is 0.000000285. The fraction of sp³-hybridized carbons (Fsp3) is 0.531. The number of pyridine rings is 2. The summed E-state index contributed by atoms with van der Waals surface area (Å²) in [6.07, 6.45) is 9.00. The summed E-state index contributed by atoms with van der Waals surface area (Å²) in [7, 11) is -8.54. The normalized spacial score (nSPS) is 12.8. The van der Waals surface area contributed by atoms with Crippen molar-refractivity contribution in [3.63, 3.8) is 0 Å². The van der Waals surface area contributed by atoms with E-state index in [0.29, 0.717) is 36.5 Å². The van der Waals surface area contributed by atoms with Gasteiger partial charge in [-0.3, -0.25) is 23.5 Å². The predicted molar refractivity (Wildman–Crippen MR) is 282 cm³/mol. The zero-order chi connectivity index (χ0) is 53.4. The number of benzene rings is 2. The smallest absolute Gasteiger partial charge is 0.307 e. The number of hydrogen-bond donors (Lipinski definition) is 7. The Morgan fingerprint density at radius 2 is 1.17 bits per heavy atom. The third-order valence-electron chi connectivity index (χ3n) is 11.4. The van der Waals surface area contributed by atoms with Gasteiger partial charge in [-0.2, -0.15) is 16.8 Å². The highest BCUT2D eigenvalue weighted by Gasteiger charge is 2.29. The number of ether oxygens (including phenoxy) is 1. The van der Waals surface area contributed by atoms with Gasteiger partial charge in [0.15, 0.2) is 11.6 Å². The SMILES string of the molecule is CCCCc1nc2c(N)nc3ccccc3c2n1CCCCN.CCCCc1nc2c(N)nc3ccccc3c2n1CCCCNC(=O)[C@@H](CC(=O)OC(C)(C)C)CS(=O)(=O)O.C[C@@H](CS(=O)(=O)O)C(N)=O. The minimum atomic E-state index is -4.47. The summed E-state index contributed by atoms with van der Waals surface area (Å²) in [5, 5.41) is 4.80. The molecule has 0 bridgehead atoms. The van der Waals surface area contributed by atoms with Crippen LogP contribution >= 0.6 is 0 Å². The van der Waals surface area contributed by atoms with E-state index in [9.17, 15) is 35.8 Å². The van der Waals surface area contributed by atoms with Gasteiger partial charge in [0, 0.05) is 43.2 Å². The summed E-state index contributed by atoms with van der Waals surface area (Å²) in [6.45, 7) is 13.2. The maximum Gasteiger partial charge on any atom is 0.307 e. The lowest BCUT2D eigenvalue weighted by molar-refractivity contribution is -0.157. The summed E-state index contributed by atoms with van der Waals surface area (Å²) >= 11 is 0. The van der Waals surface area contributed by atoms with E-state index in [0.717, 1.165) is 114 Å². The Labute approximate surface area is 421 Å². The van der Waals surface area contributed by atoms with Crippen molar-refractivity contribution in [1.29, 1.82) is 0 Å². The predicted octanol–water partition coefficient (Wildman–Crippen LogP) is 5.89. The Bertz CT molecular complexity index is 3020. The van der Waals surface area contributed by atoms with Crippen LogP contribution in [0.1, 0.15) is 111 Å². The van der Waals surface area contributed by atoms with Gasteiger partial charge in [0.2, 0.25) is 11.8 Å². The van der Waals surface area contributed by atoms with E-state index >= 15 is 0 Å². The van der Waals surface area contributed by atoms with E-state index in [-0.39, 0.29) is 6.54 Å². The Hall–Kier alpha value is -6.01. The molecular weight excluding hydrogens is 967 g/mol. The molecule has 0 aliphatic heterocycles. The number of nitrogens with one attached hydrogen (secondary N) is 1. The van der Waals surface area contributed by atoms with Crippen LogP contribution in [0.3, 0.4) is 0 Å². The highest BCUT2D eigenvalue weighted by molar-refractivity contribution is 7.86. The van der Waals surface area contributed by atoms with Crippen LogP contribution < -0.4 is 28.3 Å². The van der Waals surface area contributed by atoms with Crippen LogP contribution in [0, 0.1) is 11.8 Å². The number of carbonyl (C=O) groups excluding carboxylic acids is 3. The lowest BCUT2D eigenvalue weighted by Gasteiger charge is -2.21. The molecule has 72 heavy (non-hydrogen) atoms. The van der Waals surface area contributed by atoms with Crippen molar-refractivity contribution in [3.05, 3.63) is 60.2 Å². The molecule has 4 heterocycles. The van der Waals surface area contributed by atoms with Crippen LogP contribution in [0.4, 0.5) is 11.6 Å². The summed E-state index contributed by atoms with van der Waals surface area (Å²) in [6, 6.07) is 16.0. The Kier molecular flexibility index (Phi) is 21.6. The van der Waals surface area contributed by atoms with E-state index in [4.69, 9.17) is 42.2 Å². The molecule has 0 radical (unpaired) electrons. The van der Waals surface area contributed by atoms with Crippen molar-refractivity contribution < 1.29 is 45.1 Å². The first-order valence-electron chi connectivity index (χ1n) is 24.3. The maximum absolute atomic E-state index is 12.7. The van der Waals surface area contributed by atoms with E-state index < -0.39 is 73.4 Å². The lowest BCUT2D eigenvalue weighted by atomic mass is 10.1. The molecule has 11 N–H and O–H groups in total. The average molecular weight is 1040 g/mol. The first-order chi connectivity index (χ1) is 33.9. The molecule has 0 saturated carbocycles. The number of para-hydroxylation sites is 2. The molecule has 2 aromatic carbocycles. The van der Waals surface area contributed by atoms with Crippen molar-refractivity contribution >= 4 is 93.5 Å². The molecule has 6 aromatic rings. The highest BCUT2D eigenvalue weighted by Crippen LogP contribution is 2.31. The number of primary amides is 1. The largest absolute Gasteiger partial charge is 0.460 e. The third-order valence-corrected chi connectivity index (χ3v) is 13.1. The number of aromatic nitrogens is 6. The van der Waals surface area contributed by atoms with Gasteiger partial charge >= 0.3 is 5.97 Å². The molecule has 0 saturated heterocycles. The number of carbonyl (C=O) groups is 3. The number of nitrogen functional groups attached to an aromatic ring is 2. The molecule has 6 rings (SSSR count). The minimum Gasteiger partial charge on any atom is -0.460 e. The summed E-state index contributed by atoms with van der Waals surface area (Å²) < 4.78 is 70.3. The first kappa shape index (κ1) is 58.6. The van der Waals surface area contributed by atoms with Crippen LogP contribution in [0.2, 0.25) is 0 Å². The number of imidazole rings is 2. The van der Waals surface area contributed by atoms with Crippen LogP contribution in [-0.2, 0) is 65.3 Å². The Morgan fingerprint density at radius 1 is 0.708 bits per heavy atom. The number of rotatable bonds is 23. The van der Waals surface area contributed by atoms with Crippen molar-refractivity contribution in [2.75, 3.05) is 36.1 Å². The summed E-state index contributed by atoms with van der Waals surface area (Å²) in [4.78, 5) is 53.8. The number of amides is 2. The fourth-order valence-electron chi connectivity index (χ4n) is 7.97. The topological polar surface area (TPSA) is 347 Å². The highest BCUT2D eigenvalue weighted by atomic mass is 32.2. The van der Waals surface area contributed by atoms with E-state index in [2.05, 4.69) is 44.3 Å². The molecule has 4 aromatic heterocycles. The number of esters is 1.